The van der Waals surface area contributed by atoms with Gasteiger partial charge in [-0.1, -0.05) is 6.08 Å². The van der Waals surface area contributed by atoms with Crippen molar-refractivity contribution in [2.45, 2.75) is 12.1 Å². The number of hydrogen-bond acceptors (Lipinski definition) is 7. The van der Waals surface area contributed by atoms with E-state index in [0.29, 0.717) is 12.4 Å². The molecule has 0 radical (unpaired) electrons. The summed E-state index contributed by atoms with van der Waals surface area (Å²) in [4.78, 5) is 25.1. The van der Waals surface area contributed by atoms with Crippen LogP contribution in [0.1, 0.15) is 28.5 Å². The summed E-state index contributed by atoms with van der Waals surface area (Å²) >= 11 is 1.50. The number of thiazole rings is 1. The van der Waals surface area contributed by atoms with Gasteiger partial charge in [0.25, 0.3) is 0 Å². The number of carbonyl (C=O) groups is 1. The minimum Gasteiger partial charge on any atom is -0.425 e. The van der Waals surface area contributed by atoms with Crippen LogP contribution in [-0.4, -0.2) is 44.3 Å². The molecular weight excluding hydrogens is 294 g/mol. The van der Waals surface area contributed by atoms with Crippen molar-refractivity contribution in [2.75, 3.05) is 13.2 Å². The van der Waals surface area contributed by atoms with Crippen LogP contribution in [-0.2, 0) is 4.84 Å². The molecule has 2 aromatic heterocycles. The minimum absolute atomic E-state index is 0.154. The highest BCUT2D eigenvalue weighted by molar-refractivity contribution is 7.09. The molecule has 1 unspecified atom stereocenters. The first-order valence-corrected chi connectivity index (χ1v) is 7.22. The molecule has 2 bridgehead atoms. The highest BCUT2D eigenvalue weighted by Gasteiger charge is 2.52. The van der Waals surface area contributed by atoms with Gasteiger partial charge < -0.3 is 9.32 Å². The lowest BCUT2D eigenvalue weighted by molar-refractivity contribution is -0.118. The molecule has 21 heavy (non-hydrogen) atoms. The summed E-state index contributed by atoms with van der Waals surface area (Å²) in [5, 5.41) is 9.01. The summed E-state index contributed by atoms with van der Waals surface area (Å²) in [6.45, 7) is 4.39. The Kier molecular flexibility index (Phi) is 2.76. The molecule has 4 rings (SSSR count). The largest absolute Gasteiger partial charge is 0.425 e. The molecule has 2 atom stereocenters. The first-order valence-electron chi connectivity index (χ1n) is 6.34. The third kappa shape index (κ3) is 1.71. The van der Waals surface area contributed by atoms with Crippen molar-refractivity contribution in [3.63, 3.8) is 0 Å². The van der Waals surface area contributed by atoms with Crippen molar-refractivity contribution in [3.05, 3.63) is 41.0 Å². The topological polar surface area (TPSA) is 84.6 Å². The average Bonchev–Trinajstić information content (AvgIpc) is 3.21. The zero-order valence-electron chi connectivity index (χ0n) is 10.9. The fraction of sp³-hybridized carbons (Fsp3) is 0.333. The zero-order chi connectivity index (χ0) is 14.4. The fourth-order valence-corrected chi connectivity index (χ4v) is 3.59. The third-order valence-electron chi connectivity index (χ3n) is 3.53. The van der Waals surface area contributed by atoms with Gasteiger partial charge in [0.1, 0.15) is 6.04 Å². The van der Waals surface area contributed by atoms with Crippen LogP contribution in [0, 0.1) is 0 Å². The van der Waals surface area contributed by atoms with Crippen LogP contribution in [0.15, 0.2) is 29.0 Å². The number of carbonyl (C=O) groups excluding carboxylic acids is 1. The van der Waals surface area contributed by atoms with E-state index >= 15 is 0 Å². The summed E-state index contributed by atoms with van der Waals surface area (Å²) in [6, 6.07) is -0.829. The lowest BCUT2D eigenvalue weighted by Crippen LogP contribution is -2.35. The van der Waals surface area contributed by atoms with E-state index < -0.39 is 6.04 Å². The van der Waals surface area contributed by atoms with Gasteiger partial charge in [-0.25, -0.2) is 9.78 Å². The molecule has 0 spiro atoms. The van der Waals surface area contributed by atoms with Crippen LogP contribution in [0.25, 0.3) is 0 Å². The number of aromatic nitrogens is 3. The molecule has 0 aromatic carbocycles. The van der Waals surface area contributed by atoms with Crippen LogP contribution in [0.3, 0.4) is 0 Å². The van der Waals surface area contributed by atoms with Gasteiger partial charge >= 0.3 is 6.03 Å². The van der Waals surface area contributed by atoms with E-state index in [1.807, 2.05) is 0 Å². The monoisotopic (exact) mass is 305 g/mol. The molecule has 9 heteroatoms. The molecule has 0 aliphatic carbocycles. The molecule has 0 saturated carbocycles. The Bertz CT molecular complexity index is 685. The molecule has 2 aliphatic heterocycles. The van der Waals surface area contributed by atoms with E-state index in [1.165, 1.54) is 22.8 Å². The van der Waals surface area contributed by atoms with Crippen LogP contribution in [0.5, 0.6) is 0 Å². The predicted octanol–water partition coefficient (Wildman–Crippen LogP) is 1.53. The summed E-state index contributed by atoms with van der Waals surface area (Å²) in [6.07, 6.45) is 2.86. The molecule has 2 aliphatic rings. The second kappa shape index (κ2) is 4.64. The Morgan fingerprint density at radius 3 is 3.29 bits per heavy atom. The summed E-state index contributed by atoms with van der Waals surface area (Å²) in [5.74, 6) is 0.361. The van der Waals surface area contributed by atoms with E-state index in [4.69, 9.17) is 9.25 Å². The second-order valence-electron chi connectivity index (χ2n) is 4.64. The number of amides is 2. The van der Waals surface area contributed by atoms with Gasteiger partial charge in [-0.15, -0.1) is 28.1 Å². The molecule has 4 heterocycles. The first kappa shape index (κ1) is 12.5. The Balaban J connectivity index is 1.78. The van der Waals surface area contributed by atoms with Gasteiger partial charge in [0.05, 0.1) is 29.2 Å². The van der Waals surface area contributed by atoms with E-state index in [0.717, 1.165) is 10.6 Å². The highest BCUT2D eigenvalue weighted by atomic mass is 32.1. The third-order valence-corrected chi connectivity index (χ3v) is 4.47. The number of hydrogen-bond donors (Lipinski definition) is 0. The molecule has 1 fully saturated rings. The van der Waals surface area contributed by atoms with Crippen LogP contribution in [0.4, 0.5) is 4.79 Å². The summed E-state index contributed by atoms with van der Waals surface area (Å²) in [7, 11) is 0. The normalized spacial score (nSPS) is 23.5. The van der Waals surface area contributed by atoms with Gasteiger partial charge in [0, 0.05) is 0 Å². The first-order chi connectivity index (χ1) is 10.3. The maximum Gasteiger partial charge on any atom is 0.345 e. The van der Waals surface area contributed by atoms with Gasteiger partial charge in [-0.2, -0.15) is 5.06 Å². The Hall–Kier alpha value is -2.26. The Morgan fingerprint density at radius 2 is 2.52 bits per heavy atom. The Labute approximate surface area is 123 Å². The standard InChI is InChI=1S/C12H11N5O3S/c1-2-3-20-17-7-4-16(12(17)18)9(11-15-14-5-19-11)8-10(7)21-6-13-8/h2,5-7,9H,1,3-4H2/t7-,9?/m0/s1. The number of hydroxylamine groups is 2. The van der Waals surface area contributed by atoms with Crippen molar-refractivity contribution in [2.24, 2.45) is 0 Å². The molecule has 108 valence electrons. The quantitative estimate of drug-likeness (QED) is 0.796. The minimum atomic E-state index is -0.449. The maximum absolute atomic E-state index is 12.5. The molecular formula is C12H11N5O3S. The van der Waals surface area contributed by atoms with Crippen LogP contribution in [0.2, 0.25) is 0 Å². The number of urea groups is 1. The molecule has 1 saturated heterocycles. The van der Waals surface area contributed by atoms with Gasteiger partial charge in [-0.05, 0) is 0 Å². The number of nitrogens with zero attached hydrogens (tertiary/aromatic N) is 5. The van der Waals surface area contributed by atoms with Gasteiger partial charge in [0.2, 0.25) is 12.3 Å². The number of fused-ring (bicyclic) bond motifs is 4. The summed E-state index contributed by atoms with van der Waals surface area (Å²) in [5.41, 5.74) is 2.53. The molecule has 2 amide bonds. The van der Waals surface area contributed by atoms with E-state index in [9.17, 15) is 4.79 Å². The molecule has 2 aromatic rings. The molecule has 8 nitrogen and oxygen atoms in total. The lowest BCUT2D eigenvalue weighted by Gasteiger charge is -2.26. The predicted molar refractivity (Wildman–Crippen MR) is 71.1 cm³/mol. The number of rotatable bonds is 4. The van der Waals surface area contributed by atoms with Gasteiger partial charge in [0.15, 0.2) is 6.04 Å². The Morgan fingerprint density at radius 1 is 1.62 bits per heavy atom. The molecule has 0 N–H and O–H groups in total. The average molecular weight is 305 g/mol. The van der Waals surface area contributed by atoms with E-state index in [2.05, 4.69) is 21.8 Å². The van der Waals surface area contributed by atoms with Crippen molar-refractivity contribution < 1.29 is 14.0 Å². The van der Waals surface area contributed by atoms with Crippen LogP contribution < -0.4 is 0 Å². The summed E-state index contributed by atoms with van der Waals surface area (Å²) < 4.78 is 5.29. The smallest absolute Gasteiger partial charge is 0.345 e. The van der Waals surface area contributed by atoms with Crippen LogP contribution >= 0.6 is 11.3 Å². The fourth-order valence-electron chi connectivity index (χ4n) is 2.70. The van der Waals surface area contributed by atoms with Gasteiger partial charge in [-0.3, -0.25) is 4.84 Å². The highest BCUT2D eigenvalue weighted by Crippen LogP contribution is 2.46. The lowest BCUT2D eigenvalue weighted by atomic mass is 10.0. The zero-order valence-corrected chi connectivity index (χ0v) is 11.7. The SMILES string of the molecule is C=CCON1C(=O)N2C[C@H]1c1scnc1C2c1nnco1. The van der Waals surface area contributed by atoms with Crippen molar-refractivity contribution in [3.8, 4) is 0 Å². The van der Waals surface area contributed by atoms with E-state index in [-0.39, 0.29) is 18.7 Å². The van der Waals surface area contributed by atoms with E-state index in [1.54, 1.807) is 16.5 Å². The van der Waals surface area contributed by atoms with Crippen molar-refractivity contribution in [1.82, 2.24) is 25.1 Å². The second-order valence-corrected chi connectivity index (χ2v) is 5.53. The van der Waals surface area contributed by atoms with Crippen molar-refractivity contribution in [1.29, 1.82) is 0 Å². The maximum atomic E-state index is 12.5. The van der Waals surface area contributed by atoms with Crippen molar-refractivity contribution >= 4 is 17.4 Å².